The molecule has 7 nitrogen and oxygen atoms in total. The van der Waals surface area contributed by atoms with E-state index in [9.17, 15) is 14.4 Å². The van der Waals surface area contributed by atoms with Crippen LogP contribution >= 0.6 is 22.6 Å². The van der Waals surface area contributed by atoms with Crippen LogP contribution in [0.1, 0.15) is 40.7 Å². The van der Waals surface area contributed by atoms with Crippen LogP contribution in [0.4, 0.5) is 10.5 Å². The summed E-state index contributed by atoms with van der Waals surface area (Å²) >= 11 is 2.03. The third-order valence-corrected chi connectivity index (χ3v) is 6.56. The van der Waals surface area contributed by atoms with E-state index in [1.165, 1.54) is 0 Å². The quantitative estimate of drug-likeness (QED) is 0.337. The van der Waals surface area contributed by atoms with Crippen molar-refractivity contribution in [3.8, 4) is 11.1 Å². The van der Waals surface area contributed by atoms with Crippen molar-refractivity contribution in [3.05, 3.63) is 87.0 Å². The maximum atomic E-state index is 12.5. The van der Waals surface area contributed by atoms with Crippen LogP contribution in [0.5, 0.6) is 0 Å². The number of halogens is 1. The molecule has 0 radical (unpaired) electrons. The number of hydrogen-bond acceptors (Lipinski definition) is 4. The molecular weight excluding hydrogens is 547 g/mol. The van der Waals surface area contributed by atoms with E-state index in [1.807, 2.05) is 46.9 Å². The summed E-state index contributed by atoms with van der Waals surface area (Å²) < 4.78 is 6.23. The first-order valence-electron chi connectivity index (χ1n) is 10.8. The third-order valence-electron chi connectivity index (χ3n) is 5.67. The summed E-state index contributed by atoms with van der Waals surface area (Å²) in [5.41, 5.74) is 5.49. The molecule has 0 aromatic heterocycles. The molecule has 34 heavy (non-hydrogen) atoms. The fourth-order valence-electron chi connectivity index (χ4n) is 4.12. The maximum Gasteiger partial charge on any atom is 0.411 e. The molecular formula is C26H23IN2O5. The van der Waals surface area contributed by atoms with E-state index in [0.29, 0.717) is 14.8 Å². The van der Waals surface area contributed by atoms with E-state index < -0.39 is 18.1 Å². The highest BCUT2D eigenvalue weighted by Crippen LogP contribution is 2.44. The first kappa shape index (κ1) is 23.7. The number of benzene rings is 3. The Labute approximate surface area is 210 Å². The second-order valence-electron chi connectivity index (χ2n) is 8.12. The van der Waals surface area contributed by atoms with Crippen molar-refractivity contribution in [1.29, 1.82) is 0 Å². The molecule has 174 valence electrons. The molecule has 8 heteroatoms. The van der Waals surface area contributed by atoms with E-state index in [4.69, 9.17) is 9.84 Å². The zero-order valence-electron chi connectivity index (χ0n) is 18.4. The summed E-state index contributed by atoms with van der Waals surface area (Å²) in [5, 5.41) is 14.2. The van der Waals surface area contributed by atoms with E-state index >= 15 is 0 Å². The number of carboxylic acids is 1. The van der Waals surface area contributed by atoms with Crippen molar-refractivity contribution >= 4 is 46.2 Å². The van der Waals surface area contributed by atoms with Crippen molar-refractivity contribution in [2.75, 3.05) is 11.9 Å². The Morgan fingerprint density at radius 3 is 2.21 bits per heavy atom. The van der Waals surface area contributed by atoms with Gasteiger partial charge in [-0.3, -0.25) is 14.9 Å². The van der Waals surface area contributed by atoms with Crippen molar-refractivity contribution < 1.29 is 24.2 Å². The molecule has 0 fully saturated rings. The SMILES string of the molecule is C[C@@H](CC(=O)O)NC(=O)c1ccc(NC(=O)OCC2c3ccccc3-c3ccccc32)c(I)c1. The minimum Gasteiger partial charge on any atom is -0.481 e. The first-order chi connectivity index (χ1) is 16.3. The molecule has 0 spiro atoms. The van der Waals surface area contributed by atoms with Gasteiger partial charge in [-0.25, -0.2) is 4.79 Å². The molecule has 2 amide bonds. The number of carbonyl (C=O) groups is 3. The van der Waals surface area contributed by atoms with E-state index in [2.05, 4.69) is 34.9 Å². The second kappa shape index (κ2) is 10.3. The van der Waals surface area contributed by atoms with Crippen LogP contribution < -0.4 is 10.6 Å². The molecule has 0 bridgehead atoms. The number of amides is 2. The number of ether oxygens (including phenoxy) is 1. The maximum absolute atomic E-state index is 12.5. The highest BCUT2D eigenvalue weighted by atomic mass is 127. The number of aliphatic carboxylic acids is 1. The van der Waals surface area contributed by atoms with Crippen LogP contribution in [0.3, 0.4) is 0 Å². The third kappa shape index (κ3) is 5.22. The summed E-state index contributed by atoms with van der Waals surface area (Å²) in [6.45, 7) is 1.84. The molecule has 0 saturated heterocycles. The molecule has 3 aromatic carbocycles. The Hall–Kier alpha value is -3.40. The standard InChI is InChI=1S/C26H23IN2O5/c1-15(12-24(30)31)28-25(32)16-10-11-23(22(27)13-16)29-26(33)34-14-21-19-8-4-2-6-17(19)18-7-3-5-9-20(18)21/h2-11,13,15,21H,12,14H2,1H3,(H,28,32)(H,29,33)(H,30,31)/t15-/m0/s1. The minimum absolute atomic E-state index is 0.0314. The van der Waals surface area contributed by atoms with Gasteiger partial charge in [0.05, 0.1) is 12.1 Å². The van der Waals surface area contributed by atoms with E-state index in [-0.39, 0.29) is 24.9 Å². The normalized spacial score (nSPS) is 12.9. The number of fused-ring (bicyclic) bond motifs is 3. The minimum atomic E-state index is -0.981. The van der Waals surface area contributed by atoms with Gasteiger partial charge in [0.2, 0.25) is 0 Å². The predicted octanol–water partition coefficient (Wildman–Crippen LogP) is 5.25. The van der Waals surface area contributed by atoms with Crippen molar-refractivity contribution in [3.63, 3.8) is 0 Å². The Kier molecular flexibility index (Phi) is 7.16. The Balaban J connectivity index is 1.38. The number of carbonyl (C=O) groups excluding carboxylic acids is 2. The lowest BCUT2D eigenvalue weighted by Gasteiger charge is -2.15. The van der Waals surface area contributed by atoms with Gasteiger partial charge in [-0.1, -0.05) is 48.5 Å². The van der Waals surface area contributed by atoms with Gasteiger partial charge < -0.3 is 15.2 Å². The van der Waals surface area contributed by atoms with Crippen LogP contribution in [0.2, 0.25) is 0 Å². The Morgan fingerprint density at radius 1 is 1.00 bits per heavy atom. The van der Waals surface area contributed by atoms with Crippen molar-refractivity contribution in [2.24, 2.45) is 0 Å². The number of carboxylic acid groups (broad SMARTS) is 1. The van der Waals surface area contributed by atoms with E-state index in [1.54, 1.807) is 25.1 Å². The van der Waals surface area contributed by atoms with Crippen LogP contribution in [-0.2, 0) is 9.53 Å². The van der Waals surface area contributed by atoms with Gasteiger partial charge in [0.1, 0.15) is 6.61 Å². The molecule has 4 rings (SSSR count). The molecule has 1 aliphatic carbocycles. The summed E-state index contributed by atoms with van der Waals surface area (Å²) in [4.78, 5) is 35.7. The van der Waals surface area contributed by atoms with Gasteiger partial charge in [0, 0.05) is 21.1 Å². The number of nitrogens with one attached hydrogen (secondary N) is 2. The van der Waals surface area contributed by atoms with Gasteiger partial charge in [0.15, 0.2) is 0 Å². The molecule has 0 aliphatic heterocycles. The first-order valence-corrected chi connectivity index (χ1v) is 11.9. The predicted molar refractivity (Wildman–Crippen MR) is 137 cm³/mol. The smallest absolute Gasteiger partial charge is 0.411 e. The number of anilines is 1. The largest absolute Gasteiger partial charge is 0.481 e. The summed E-state index contributed by atoms with van der Waals surface area (Å²) in [5.74, 6) is -1.39. The van der Waals surface area contributed by atoms with Crippen LogP contribution in [-0.4, -0.2) is 35.7 Å². The highest BCUT2D eigenvalue weighted by Gasteiger charge is 2.29. The summed E-state index contributed by atoms with van der Waals surface area (Å²) in [6, 6.07) is 20.6. The zero-order chi connectivity index (χ0) is 24.2. The molecule has 0 saturated carbocycles. The highest BCUT2D eigenvalue weighted by molar-refractivity contribution is 14.1. The number of hydrogen-bond donors (Lipinski definition) is 3. The molecule has 1 aliphatic rings. The van der Waals surface area contributed by atoms with Gasteiger partial charge in [-0.2, -0.15) is 0 Å². The lowest BCUT2D eigenvalue weighted by Crippen LogP contribution is -2.34. The zero-order valence-corrected chi connectivity index (χ0v) is 20.5. The Morgan fingerprint density at radius 2 is 1.62 bits per heavy atom. The molecule has 1 atom stereocenters. The van der Waals surface area contributed by atoms with Gasteiger partial charge in [0.25, 0.3) is 5.91 Å². The summed E-state index contributed by atoms with van der Waals surface area (Å²) in [6.07, 6.45) is -0.739. The van der Waals surface area contributed by atoms with Gasteiger partial charge >= 0.3 is 12.1 Å². The topological polar surface area (TPSA) is 105 Å². The molecule has 3 N–H and O–H groups in total. The van der Waals surface area contributed by atoms with Crippen molar-refractivity contribution in [2.45, 2.75) is 25.3 Å². The lowest BCUT2D eigenvalue weighted by atomic mass is 9.98. The van der Waals surface area contributed by atoms with Crippen LogP contribution in [0, 0.1) is 3.57 Å². The fraction of sp³-hybridized carbons (Fsp3) is 0.192. The van der Waals surface area contributed by atoms with Crippen LogP contribution in [0.15, 0.2) is 66.7 Å². The Bertz CT molecular complexity index is 1210. The van der Waals surface area contributed by atoms with Gasteiger partial charge in [-0.05, 0) is 70.0 Å². The lowest BCUT2D eigenvalue weighted by molar-refractivity contribution is -0.137. The van der Waals surface area contributed by atoms with Crippen LogP contribution in [0.25, 0.3) is 11.1 Å². The molecule has 0 unspecified atom stereocenters. The number of rotatable bonds is 7. The fourth-order valence-corrected chi connectivity index (χ4v) is 4.77. The molecule has 3 aromatic rings. The average Bonchev–Trinajstić information content (AvgIpc) is 3.12. The monoisotopic (exact) mass is 570 g/mol. The molecule has 0 heterocycles. The average molecular weight is 570 g/mol. The summed E-state index contributed by atoms with van der Waals surface area (Å²) in [7, 11) is 0. The van der Waals surface area contributed by atoms with Gasteiger partial charge in [-0.15, -0.1) is 0 Å². The second-order valence-corrected chi connectivity index (χ2v) is 9.28. The van der Waals surface area contributed by atoms with Crippen molar-refractivity contribution in [1.82, 2.24) is 5.32 Å². The van der Waals surface area contributed by atoms with E-state index in [0.717, 1.165) is 22.3 Å².